The first-order chi connectivity index (χ1) is 9.68. The smallest absolute Gasteiger partial charge is 0.308 e. The number of carbonyl (C=O) groups excluding carboxylic acids is 1. The van der Waals surface area contributed by atoms with Gasteiger partial charge in [-0.05, 0) is 36.0 Å². The van der Waals surface area contributed by atoms with Crippen molar-refractivity contribution in [3.05, 3.63) is 0 Å². The first-order valence-electron chi connectivity index (χ1n) is 8.53. The van der Waals surface area contributed by atoms with Crippen molar-refractivity contribution in [1.29, 1.82) is 0 Å². The minimum atomic E-state index is -0.353. The van der Waals surface area contributed by atoms with Gasteiger partial charge in [0.15, 0.2) is 0 Å². The summed E-state index contributed by atoms with van der Waals surface area (Å²) in [4.78, 5) is 11.7. The monoisotopic (exact) mass is 296 g/mol. The minimum absolute atomic E-state index is 0.0322. The second-order valence-corrected chi connectivity index (χ2v) is 8.54. The van der Waals surface area contributed by atoms with Crippen molar-refractivity contribution in [3.8, 4) is 0 Å². The first-order valence-corrected chi connectivity index (χ1v) is 8.53. The summed E-state index contributed by atoms with van der Waals surface area (Å²) in [7, 11) is 0. The maximum absolute atomic E-state index is 11.7. The number of ether oxygens (including phenoxy) is 2. The van der Waals surface area contributed by atoms with Crippen molar-refractivity contribution in [3.63, 3.8) is 0 Å². The molecule has 5 atom stereocenters. The average Bonchev–Trinajstić information content (AvgIpc) is 2.69. The number of rotatable bonds is 3. The van der Waals surface area contributed by atoms with Crippen LogP contribution in [-0.4, -0.2) is 18.4 Å². The third-order valence-electron chi connectivity index (χ3n) is 5.35. The number of hydrogen-bond acceptors (Lipinski definition) is 3. The third kappa shape index (κ3) is 4.00. The molecule has 1 saturated carbocycles. The summed E-state index contributed by atoms with van der Waals surface area (Å²) >= 11 is 0. The van der Waals surface area contributed by atoms with E-state index in [9.17, 15) is 4.79 Å². The van der Waals surface area contributed by atoms with Crippen LogP contribution in [0.2, 0.25) is 0 Å². The normalized spacial score (nSPS) is 37.9. The Kier molecular flexibility index (Phi) is 5.02. The van der Waals surface area contributed by atoms with E-state index in [0.717, 1.165) is 6.42 Å². The van der Waals surface area contributed by atoms with E-state index in [1.54, 1.807) is 0 Å². The predicted octanol–water partition coefficient (Wildman–Crippen LogP) is 4.40. The Labute approximate surface area is 129 Å². The highest BCUT2D eigenvalue weighted by Crippen LogP contribution is 2.42. The molecule has 21 heavy (non-hydrogen) atoms. The van der Waals surface area contributed by atoms with Crippen LogP contribution in [0.3, 0.4) is 0 Å². The Bertz CT molecular complexity index is 369. The van der Waals surface area contributed by atoms with Crippen molar-refractivity contribution in [2.75, 3.05) is 0 Å². The summed E-state index contributed by atoms with van der Waals surface area (Å²) in [5.41, 5.74) is 0.0322. The van der Waals surface area contributed by atoms with E-state index >= 15 is 0 Å². The van der Waals surface area contributed by atoms with Crippen molar-refractivity contribution < 1.29 is 14.3 Å². The Morgan fingerprint density at radius 2 is 1.90 bits per heavy atom. The molecule has 0 N–H and O–H groups in total. The second kappa shape index (κ2) is 6.28. The summed E-state index contributed by atoms with van der Waals surface area (Å²) in [5.74, 6) is 1.96. The summed E-state index contributed by atoms with van der Waals surface area (Å²) in [5, 5.41) is 0. The fourth-order valence-electron chi connectivity index (χ4n) is 3.82. The van der Waals surface area contributed by atoms with Gasteiger partial charge in [0.2, 0.25) is 6.29 Å². The standard InChI is InChI=1S/C18H32O3/c1-11(2)13-8-7-12(3)9-15(13)20-17-14(18(4,5)6)10-16(19)21-17/h11-15,17H,7-10H2,1-6H3/t12-,13+,14+,15-,17-/m1/s1. The van der Waals surface area contributed by atoms with Crippen molar-refractivity contribution in [2.45, 2.75) is 79.6 Å². The van der Waals surface area contributed by atoms with E-state index in [2.05, 4.69) is 41.5 Å². The molecule has 0 bridgehead atoms. The quantitative estimate of drug-likeness (QED) is 0.724. The Balaban J connectivity index is 2.08. The molecule has 2 fully saturated rings. The van der Waals surface area contributed by atoms with Gasteiger partial charge in [0, 0.05) is 5.92 Å². The molecule has 3 nitrogen and oxygen atoms in total. The molecule has 0 amide bonds. The van der Waals surface area contributed by atoms with Crippen LogP contribution in [0.25, 0.3) is 0 Å². The van der Waals surface area contributed by atoms with E-state index in [1.165, 1.54) is 12.8 Å². The van der Waals surface area contributed by atoms with Crippen LogP contribution < -0.4 is 0 Å². The highest BCUT2D eigenvalue weighted by Gasteiger charge is 2.45. The summed E-state index contributed by atoms with van der Waals surface area (Å²) < 4.78 is 11.9. The molecule has 2 rings (SSSR count). The van der Waals surface area contributed by atoms with Crippen LogP contribution >= 0.6 is 0 Å². The molecule has 2 aliphatic rings. The SMILES string of the molecule is CC(C)[C@@H]1CC[C@@H](C)C[C@H]1O[C@@H]1OC(=O)C[C@@H]1C(C)(C)C. The number of carbonyl (C=O) groups is 1. The van der Waals surface area contributed by atoms with E-state index in [1.807, 2.05) is 0 Å². The fourth-order valence-corrected chi connectivity index (χ4v) is 3.82. The minimum Gasteiger partial charge on any atom is -0.435 e. The van der Waals surface area contributed by atoms with E-state index < -0.39 is 0 Å². The topological polar surface area (TPSA) is 35.5 Å². The molecule has 0 spiro atoms. The van der Waals surface area contributed by atoms with E-state index in [-0.39, 0.29) is 29.7 Å². The van der Waals surface area contributed by atoms with E-state index in [0.29, 0.717) is 24.2 Å². The average molecular weight is 296 g/mol. The van der Waals surface area contributed by atoms with Gasteiger partial charge in [-0.1, -0.05) is 48.0 Å². The molecule has 122 valence electrons. The molecule has 3 heteroatoms. The van der Waals surface area contributed by atoms with Crippen LogP contribution in [-0.2, 0) is 14.3 Å². The third-order valence-corrected chi connectivity index (χ3v) is 5.35. The van der Waals surface area contributed by atoms with Crippen molar-refractivity contribution in [2.24, 2.45) is 29.1 Å². The Morgan fingerprint density at radius 1 is 1.24 bits per heavy atom. The molecular weight excluding hydrogens is 264 g/mol. The molecule has 0 unspecified atom stereocenters. The predicted molar refractivity (Wildman–Crippen MR) is 83.7 cm³/mol. The summed E-state index contributed by atoms with van der Waals surface area (Å²) in [6, 6.07) is 0. The Morgan fingerprint density at radius 3 is 2.48 bits per heavy atom. The van der Waals surface area contributed by atoms with Gasteiger partial charge in [-0.2, -0.15) is 0 Å². The number of cyclic esters (lactones) is 1. The molecular formula is C18H32O3. The lowest BCUT2D eigenvalue weighted by Gasteiger charge is -2.40. The lowest BCUT2D eigenvalue weighted by Crippen LogP contribution is -2.40. The van der Waals surface area contributed by atoms with Gasteiger partial charge < -0.3 is 9.47 Å². The first kappa shape index (κ1) is 16.8. The molecule has 0 aromatic heterocycles. The van der Waals surface area contributed by atoms with E-state index in [4.69, 9.17) is 9.47 Å². The van der Waals surface area contributed by atoms with Gasteiger partial charge in [0.05, 0.1) is 12.5 Å². The summed E-state index contributed by atoms with van der Waals surface area (Å²) in [6.07, 6.45) is 3.97. The molecule has 1 heterocycles. The molecule has 1 aliphatic carbocycles. The van der Waals surface area contributed by atoms with Gasteiger partial charge >= 0.3 is 5.97 Å². The highest BCUT2D eigenvalue weighted by molar-refractivity contribution is 5.72. The fraction of sp³-hybridized carbons (Fsp3) is 0.944. The zero-order valence-corrected chi connectivity index (χ0v) is 14.5. The maximum Gasteiger partial charge on any atom is 0.308 e. The van der Waals surface area contributed by atoms with Crippen LogP contribution in [0.15, 0.2) is 0 Å². The molecule has 1 aliphatic heterocycles. The van der Waals surface area contributed by atoms with Crippen molar-refractivity contribution >= 4 is 5.97 Å². The lowest BCUT2D eigenvalue weighted by molar-refractivity contribution is -0.203. The van der Waals surface area contributed by atoms with Crippen LogP contribution in [0.5, 0.6) is 0 Å². The molecule has 0 aromatic rings. The van der Waals surface area contributed by atoms with Gasteiger partial charge in [-0.25, -0.2) is 0 Å². The molecule has 1 saturated heterocycles. The van der Waals surface area contributed by atoms with Crippen LogP contribution in [0.4, 0.5) is 0 Å². The second-order valence-electron chi connectivity index (χ2n) is 8.54. The number of esters is 1. The van der Waals surface area contributed by atoms with Crippen LogP contribution in [0, 0.1) is 29.1 Å². The zero-order valence-electron chi connectivity index (χ0n) is 14.5. The van der Waals surface area contributed by atoms with Gasteiger partial charge in [0.1, 0.15) is 0 Å². The highest BCUT2D eigenvalue weighted by atomic mass is 16.7. The summed E-state index contributed by atoms with van der Waals surface area (Å²) in [6.45, 7) is 13.4. The van der Waals surface area contributed by atoms with Crippen molar-refractivity contribution in [1.82, 2.24) is 0 Å². The van der Waals surface area contributed by atoms with Crippen LogP contribution in [0.1, 0.15) is 67.2 Å². The maximum atomic E-state index is 11.7. The zero-order chi connectivity index (χ0) is 15.8. The number of hydrogen-bond donors (Lipinski definition) is 0. The molecule has 0 aromatic carbocycles. The van der Waals surface area contributed by atoms with Gasteiger partial charge in [-0.3, -0.25) is 4.79 Å². The Hall–Kier alpha value is -0.570. The van der Waals surface area contributed by atoms with Gasteiger partial charge in [-0.15, -0.1) is 0 Å². The molecule has 0 radical (unpaired) electrons. The van der Waals surface area contributed by atoms with Gasteiger partial charge in [0.25, 0.3) is 0 Å². The largest absolute Gasteiger partial charge is 0.435 e. The lowest BCUT2D eigenvalue weighted by atomic mass is 9.75.